The van der Waals surface area contributed by atoms with E-state index < -0.39 is 17.6 Å². The number of nitrogens with one attached hydrogen (secondary N) is 2. The Morgan fingerprint density at radius 1 is 1.00 bits per heavy atom. The van der Waals surface area contributed by atoms with E-state index in [1.165, 1.54) is 0 Å². The van der Waals surface area contributed by atoms with Crippen LogP contribution >= 0.6 is 0 Å². The number of carbonyl (C=O) groups excluding carboxylic acids is 2. The fourth-order valence-corrected chi connectivity index (χ4v) is 6.13. The molecular weight excluding hydrogens is 531 g/mol. The fourth-order valence-electron chi connectivity index (χ4n) is 6.13. The molecular formula is C33H33FN6O2. The number of anilines is 1. The second-order valence-electron chi connectivity index (χ2n) is 12.0. The summed E-state index contributed by atoms with van der Waals surface area (Å²) in [6.07, 6.45) is 7.69. The summed E-state index contributed by atoms with van der Waals surface area (Å²) in [5, 5.41) is 18.6. The summed E-state index contributed by atoms with van der Waals surface area (Å²) in [5.41, 5.74) is 6.89. The number of amides is 2. The van der Waals surface area contributed by atoms with Gasteiger partial charge in [-0.2, -0.15) is 15.3 Å². The molecule has 0 spiro atoms. The molecule has 2 aromatic carbocycles. The van der Waals surface area contributed by atoms with Crippen molar-refractivity contribution in [3.63, 3.8) is 0 Å². The van der Waals surface area contributed by atoms with Gasteiger partial charge in [0.05, 0.1) is 23.8 Å². The van der Waals surface area contributed by atoms with Gasteiger partial charge in [0.15, 0.2) is 5.67 Å². The Balaban J connectivity index is 1.17. The number of rotatable bonds is 8. The number of halogens is 1. The Morgan fingerprint density at radius 2 is 1.76 bits per heavy atom. The Morgan fingerprint density at radius 3 is 2.45 bits per heavy atom. The van der Waals surface area contributed by atoms with Crippen molar-refractivity contribution >= 4 is 17.5 Å². The van der Waals surface area contributed by atoms with Gasteiger partial charge in [-0.15, -0.1) is 0 Å². The monoisotopic (exact) mass is 564 g/mol. The van der Waals surface area contributed by atoms with E-state index in [1.54, 1.807) is 6.20 Å². The van der Waals surface area contributed by atoms with Crippen LogP contribution in [0.25, 0.3) is 22.4 Å². The Labute approximate surface area is 243 Å². The molecule has 2 aromatic heterocycles. The first-order valence-corrected chi connectivity index (χ1v) is 14.6. The van der Waals surface area contributed by atoms with E-state index in [0.717, 1.165) is 64.0 Å². The first-order valence-electron chi connectivity index (χ1n) is 14.6. The van der Waals surface area contributed by atoms with Crippen LogP contribution in [0.2, 0.25) is 0 Å². The van der Waals surface area contributed by atoms with Gasteiger partial charge in [0, 0.05) is 35.7 Å². The highest BCUT2D eigenvalue weighted by Crippen LogP contribution is 2.43. The third-order valence-corrected chi connectivity index (χ3v) is 8.89. The molecule has 7 rings (SSSR count). The maximum Gasteiger partial charge on any atom is 0.258 e. The zero-order valence-electron chi connectivity index (χ0n) is 23.7. The third kappa shape index (κ3) is 4.97. The molecule has 0 bridgehead atoms. The smallest absolute Gasteiger partial charge is 0.258 e. The number of hydrogen-bond acceptors (Lipinski definition) is 5. The van der Waals surface area contributed by atoms with Gasteiger partial charge in [-0.3, -0.25) is 14.3 Å². The van der Waals surface area contributed by atoms with E-state index >= 15 is 0 Å². The summed E-state index contributed by atoms with van der Waals surface area (Å²) in [7, 11) is 1.89. The molecule has 2 atom stereocenters. The molecule has 0 saturated heterocycles. The second kappa shape index (κ2) is 10.2. The first kappa shape index (κ1) is 26.5. The quantitative estimate of drug-likeness (QED) is 0.299. The average Bonchev–Trinajstić information content (AvgIpc) is 3.92. The number of aryl methyl sites for hydroxylation is 3. The number of benzene rings is 2. The van der Waals surface area contributed by atoms with Crippen molar-refractivity contribution < 1.29 is 14.0 Å². The molecule has 2 saturated carbocycles. The first-order chi connectivity index (χ1) is 20.3. The van der Waals surface area contributed by atoms with E-state index in [1.807, 2.05) is 49.1 Å². The maximum atomic E-state index is 14.8. The summed E-state index contributed by atoms with van der Waals surface area (Å²) in [6.45, 7) is 2.00. The Kier molecular flexibility index (Phi) is 6.40. The van der Waals surface area contributed by atoms with Gasteiger partial charge in [-0.1, -0.05) is 30.3 Å². The van der Waals surface area contributed by atoms with Gasteiger partial charge in [-0.05, 0) is 85.9 Å². The summed E-state index contributed by atoms with van der Waals surface area (Å²) < 4.78 is 16.6. The summed E-state index contributed by atoms with van der Waals surface area (Å²) in [6, 6.07) is 15.0. The maximum absolute atomic E-state index is 14.8. The van der Waals surface area contributed by atoms with Crippen LogP contribution in [0.3, 0.4) is 0 Å². The van der Waals surface area contributed by atoms with Crippen LogP contribution in [0, 0.1) is 6.92 Å². The number of aromatic nitrogens is 4. The van der Waals surface area contributed by atoms with Crippen LogP contribution in [-0.4, -0.2) is 43.5 Å². The molecule has 9 heteroatoms. The van der Waals surface area contributed by atoms with Crippen LogP contribution in [0.1, 0.15) is 66.3 Å². The summed E-state index contributed by atoms with van der Waals surface area (Å²) >= 11 is 0. The van der Waals surface area contributed by atoms with Crippen LogP contribution in [0.15, 0.2) is 60.9 Å². The topological polar surface area (TPSA) is 102 Å². The average molecular weight is 565 g/mol. The fraction of sp³-hybridized carbons (Fsp3) is 0.364. The number of fused-ring (bicyclic) bond motifs is 1. The molecule has 2 heterocycles. The number of nitrogens with zero attached hydrogens (tertiary/aromatic N) is 4. The zero-order chi connectivity index (χ0) is 29.0. The minimum absolute atomic E-state index is 0.186. The lowest BCUT2D eigenvalue weighted by Crippen LogP contribution is -2.50. The number of hydrogen-bond donors (Lipinski definition) is 2. The minimum Gasteiger partial charge on any atom is -0.341 e. The predicted molar refractivity (Wildman–Crippen MR) is 158 cm³/mol. The molecule has 2 amide bonds. The van der Waals surface area contributed by atoms with Crippen molar-refractivity contribution in [2.45, 2.75) is 69.0 Å². The molecule has 0 radical (unpaired) electrons. The van der Waals surface area contributed by atoms with E-state index in [0.29, 0.717) is 18.0 Å². The van der Waals surface area contributed by atoms with E-state index in [2.05, 4.69) is 50.2 Å². The predicted octanol–water partition coefficient (Wildman–Crippen LogP) is 5.39. The zero-order valence-corrected chi connectivity index (χ0v) is 23.7. The Bertz CT molecular complexity index is 1670. The summed E-state index contributed by atoms with van der Waals surface area (Å²) in [4.78, 5) is 26.7. The van der Waals surface area contributed by atoms with Crippen LogP contribution in [0.5, 0.6) is 0 Å². The van der Waals surface area contributed by atoms with Gasteiger partial charge >= 0.3 is 0 Å². The van der Waals surface area contributed by atoms with Crippen molar-refractivity contribution in [3.8, 4) is 22.4 Å². The molecule has 214 valence electrons. The lowest BCUT2D eigenvalue weighted by atomic mass is 9.90. The molecule has 3 aliphatic carbocycles. The Hall–Kier alpha value is -4.40. The van der Waals surface area contributed by atoms with Crippen LogP contribution in [0.4, 0.5) is 10.1 Å². The minimum atomic E-state index is -1.88. The van der Waals surface area contributed by atoms with Crippen molar-refractivity contribution in [1.82, 2.24) is 25.3 Å². The van der Waals surface area contributed by atoms with E-state index in [-0.39, 0.29) is 24.7 Å². The van der Waals surface area contributed by atoms with Gasteiger partial charge < -0.3 is 10.6 Å². The molecule has 42 heavy (non-hydrogen) atoms. The standard InChI is InChI=1S/C33H33FN6O2/c1-19-17-36-40(2)30(19)22-7-10-25(11-8-22)37-31(41)29(38-32(42)33(34)13-14-33)26-12-9-20-3-6-23(15-27(20)26)24-16-28(21-4-5-21)39-35-18-24/h3,6-8,10-11,15-18,21,26,29H,4-5,9,12-14H2,1-2H3,(H,37,41)(H,38,42)/t26-,29+/m1/s1. The third-order valence-electron chi connectivity index (χ3n) is 8.89. The van der Waals surface area contributed by atoms with Gasteiger partial charge in [0.1, 0.15) is 6.04 Å². The van der Waals surface area contributed by atoms with Crippen LogP contribution < -0.4 is 10.6 Å². The van der Waals surface area contributed by atoms with Crippen molar-refractivity contribution in [3.05, 3.63) is 83.3 Å². The number of carbonyl (C=O) groups is 2. The molecule has 0 unspecified atom stereocenters. The lowest BCUT2D eigenvalue weighted by molar-refractivity contribution is -0.131. The highest BCUT2D eigenvalue weighted by atomic mass is 19.1. The van der Waals surface area contributed by atoms with Crippen molar-refractivity contribution in [2.75, 3.05) is 5.32 Å². The molecule has 2 fully saturated rings. The SMILES string of the molecule is Cc1cnn(C)c1-c1ccc(NC(=O)[C@@H](NC(=O)C2(F)CC2)[C@@H]2CCc3ccc(-c4cnnc(C5CC5)c4)cc32)cc1. The molecule has 4 aromatic rings. The van der Waals surface area contributed by atoms with E-state index in [4.69, 9.17) is 0 Å². The van der Waals surface area contributed by atoms with Crippen molar-refractivity contribution in [2.24, 2.45) is 7.05 Å². The molecule has 0 aliphatic heterocycles. The van der Waals surface area contributed by atoms with Crippen LogP contribution in [-0.2, 0) is 23.1 Å². The normalized spacial score (nSPS) is 19.2. The molecule has 3 aliphatic rings. The number of alkyl halides is 1. The van der Waals surface area contributed by atoms with E-state index in [9.17, 15) is 14.0 Å². The highest BCUT2D eigenvalue weighted by Gasteiger charge is 2.52. The van der Waals surface area contributed by atoms with Gasteiger partial charge in [0.25, 0.3) is 5.91 Å². The van der Waals surface area contributed by atoms with Gasteiger partial charge in [-0.25, -0.2) is 4.39 Å². The lowest BCUT2D eigenvalue weighted by Gasteiger charge is -2.26. The molecule has 8 nitrogen and oxygen atoms in total. The summed E-state index contributed by atoms with van der Waals surface area (Å²) in [5.74, 6) is -0.871. The molecule has 2 N–H and O–H groups in total. The van der Waals surface area contributed by atoms with Gasteiger partial charge in [0.2, 0.25) is 5.91 Å². The van der Waals surface area contributed by atoms with Crippen molar-refractivity contribution in [1.29, 1.82) is 0 Å². The highest BCUT2D eigenvalue weighted by molar-refractivity contribution is 6.00. The second-order valence-corrected chi connectivity index (χ2v) is 12.0. The largest absolute Gasteiger partial charge is 0.341 e.